The summed E-state index contributed by atoms with van der Waals surface area (Å²) in [5.41, 5.74) is -0.558. The first-order valence-corrected chi connectivity index (χ1v) is 4.63. The van der Waals surface area contributed by atoms with E-state index in [0.29, 0.717) is 11.9 Å². The van der Waals surface area contributed by atoms with Gasteiger partial charge >= 0.3 is 5.69 Å². The fraction of sp³-hybridized carbons (Fsp3) is 0.556. The van der Waals surface area contributed by atoms with Gasteiger partial charge in [-0.1, -0.05) is 0 Å². The predicted octanol–water partition coefficient (Wildman–Crippen LogP) is -0.342. The number of rotatable bonds is 2. The summed E-state index contributed by atoms with van der Waals surface area (Å²) in [6.07, 6.45) is 2.23. The lowest BCUT2D eigenvalue weighted by Crippen LogP contribution is -2.37. The van der Waals surface area contributed by atoms with Gasteiger partial charge in [0.2, 0.25) is 0 Å². The number of nitrogens with one attached hydrogen (secondary N) is 1. The second-order valence-corrected chi connectivity index (χ2v) is 3.69. The van der Waals surface area contributed by atoms with Gasteiger partial charge in [0, 0.05) is 26.2 Å². The SMILES string of the molecule is Cn1c(NC2CC2)cc(=O)n(C)c1=O. The standard InChI is InChI=1S/C9H13N3O2/c1-11-7(10-6-3-4-6)5-8(13)12(2)9(11)14/h5-6,10H,3-4H2,1-2H3. The van der Waals surface area contributed by atoms with Gasteiger partial charge in [-0.3, -0.25) is 13.9 Å². The van der Waals surface area contributed by atoms with E-state index in [4.69, 9.17) is 0 Å². The maximum Gasteiger partial charge on any atom is 0.332 e. The lowest BCUT2D eigenvalue weighted by Gasteiger charge is -2.10. The number of aromatic nitrogens is 2. The molecular weight excluding hydrogens is 182 g/mol. The molecule has 0 aromatic carbocycles. The van der Waals surface area contributed by atoms with E-state index in [1.165, 1.54) is 17.7 Å². The van der Waals surface area contributed by atoms with Crippen molar-refractivity contribution < 1.29 is 0 Å². The molecule has 1 aliphatic rings. The highest BCUT2D eigenvalue weighted by Gasteiger charge is 2.22. The highest BCUT2D eigenvalue weighted by Crippen LogP contribution is 2.23. The summed E-state index contributed by atoms with van der Waals surface area (Å²) >= 11 is 0. The number of anilines is 1. The molecule has 1 aromatic rings. The van der Waals surface area contributed by atoms with E-state index in [0.717, 1.165) is 17.4 Å². The normalized spacial score (nSPS) is 15.6. The maximum absolute atomic E-state index is 11.5. The molecule has 1 aliphatic carbocycles. The molecule has 14 heavy (non-hydrogen) atoms. The average Bonchev–Trinajstić information content (AvgIpc) is 2.94. The first-order valence-electron chi connectivity index (χ1n) is 4.63. The van der Waals surface area contributed by atoms with Crippen LogP contribution in [0.1, 0.15) is 12.8 Å². The molecule has 0 spiro atoms. The van der Waals surface area contributed by atoms with Crippen molar-refractivity contribution >= 4 is 5.82 Å². The first-order chi connectivity index (χ1) is 6.59. The van der Waals surface area contributed by atoms with Crippen LogP contribution in [0.15, 0.2) is 15.7 Å². The number of hydrogen-bond donors (Lipinski definition) is 1. The van der Waals surface area contributed by atoms with Gasteiger partial charge in [0.15, 0.2) is 0 Å². The molecule has 0 radical (unpaired) electrons. The van der Waals surface area contributed by atoms with Crippen molar-refractivity contribution in [3.8, 4) is 0 Å². The summed E-state index contributed by atoms with van der Waals surface area (Å²) in [5, 5.41) is 3.14. The Kier molecular flexibility index (Phi) is 1.94. The topological polar surface area (TPSA) is 56.0 Å². The third-order valence-electron chi connectivity index (χ3n) is 2.46. The monoisotopic (exact) mass is 195 g/mol. The molecule has 0 saturated heterocycles. The zero-order valence-electron chi connectivity index (χ0n) is 8.28. The predicted molar refractivity (Wildman–Crippen MR) is 53.6 cm³/mol. The van der Waals surface area contributed by atoms with E-state index in [1.54, 1.807) is 7.05 Å². The fourth-order valence-corrected chi connectivity index (χ4v) is 1.31. The fourth-order valence-electron chi connectivity index (χ4n) is 1.31. The van der Waals surface area contributed by atoms with E-state index in [9.17, 15) is 9.59 Å². The Labute approximate surface area is 81.0 Å². The molecule has 76 valence electrons. The van der Waals surface area contributed by atoms with Gasteiger partial charge in [0.1, 0.15) is 5.82 Å². The summed E-state index contributed by atoms with van der Waals surface area (Å²) in [6.45, 7) is 0. The molecule has 1 fully saturated rings. The number of hydrogen-bond acceptors (Lipinski definition) is 3. The van der Waals surface area contributed by atoms with Crippen LogP contribution >= 0.6 is 0 Å². The molecule has 1 saturated carbocycles. The minimum absolute atomic E-state index is 0.267. The Hall–Kier alpha value is -1.52. The van der Waals surface area contributed by atoms with Crippen LogP contribution in [0.4, 0.5) is 5.82 Å². The highest BCUT2D eigenvalue weighted by atomic mass is 16.2. The van der Waals surface area contributed by atoms with Gasteiger partial charge < -0.3 is 5.32 Å². The second-order valence-electron chi connectivity index (χ2n) is 3.69. The zero-order valence-corrected chi connectivity index (χ0v) is 8.28. The average molecular weight is 195 g/mol. The van der Waals surface area contributed by atoms with Crippen molar-refractivity contribution in [3.05, 3.63) is 26.9 Å². The van der Waals surface area contributed by atoms with Crippen molar-refractivity contribution in [2.45, 2.75) is 18.9 Å². The Morgan fingerprint density at radius 3 is 2.50 bits per heavy atom. The van der Waals surface area contributed by atoms with Gasteiger partial charge in [-0.25, -0.2) is 4.79 Å². The molecule has 0 bridgehead atoms. The van der Waals surface area contributed by atoms with Crippen LogP contribution in [0.3, 0.4) is 0 Å². The summed E-state index contributed by atoms with van der Waals surface area (Å²) in [6, 6.07) is 1.90. The molecule has 5 heteroatoms. The Bertz CT molecular complexity index is 468. The van der Waals surface area contributed by atoms with Gasteiger partial charge in [-0.2, -0.15) is 0 Å². The highest BCUT2D eigenvalue weighted by molar-refractivity contribution is 5.36. The van der Waals surface area contributed by atoms with Crippen LogP contribution in [-0.4, -0.2) is 15.2 Å². The molecule has 5 nitrogen and oxygen atoms in total. The summed E-state index contributed by atoms with van der Waals surface area (Å²) in [5.74, 6) is 0.612. The zero-order chi connectivity index (χ0) is 10.3. The van der Waals surface area contributed by atoms with Crippen LogP contribution in [0.2, 0.25) is 0 Å². The lowest BCUT2D eigenvalue weighted by molar-refractivity contribution is 0.688. The third kappa shape index (κ3) is 1.45. The van der Waals surface area contributed by atoms with Crippen LogP contribution in [0.25, 0.3) is 0 Å². The van der Waals surface area contributed by atoms with Crippen molar-refractivity contribution in [2.24, 2.45) is 14.1 Å². The van der Waals surface area contributed by atoms with Crippen molar-refractivity contribution in [2.75, 3.05) is 5.32 Å². The molecule has 0 atom stereocenters. The second kappa shape index (κ2) is 3.01. The van der Waals surface area contributed by atoms with Gasteiger partial charge in [0.25, 0.3) is 5.56 Å². The molecule has 1 aromatic heterocycles. The van der Waals surface area contributed by atoms with Gasteiger partial charge in [-0.05, 0) is 12.8 Å². The van der Waals surface area contributed by atoms with Gasteiger partial charge in [-0.15, -0.1) is 0 Å². The largest absolute Gasteiger partial charge is 0.368 e. The Morgan fingerprint density at radius 1 is 1.29 bits per heavy atom. The molecule has 2 rings (SSSR count). The van der Waals surface area contributed by atoms with Crippen LogP contribution in [0, 0.1) is 0 Å². The Balaban J connectivity index is 2.49. The summed E-state index contributed by atoms with van der Waals surface area (Å²) < 4.78 is 2.55. The van der Waals surface area contributed by atoms with E-state index in [1.807, 2.05) is 0 Å². The van der Waals surface area contributed by atoms with Gasteiger partial charge in [0.05, 0.1) is 0 Å². The van der Waals surface area contributed by atoms with E-state index in [-0.39, 0.29) is 11.2 Å². The van der Waals surface area contributed by atoms with E-state index >= 15 is 0 Å². The van der Waals surface area contributed by atoms with Crippen LogP contribution in [-0.2, 0) is 14.1 Å². The quantitative estimate of drug-likeness (QED) is 0.702. The van der Waals surface area contributed by atoms with E-state index < -0.39 is 0 Å². The summed E-state index contributed by atoms with van der Waals surface area (Å²) in [4.78, 5) is 22.8. The molecular formula is C9H13N3O2. The smallest absolute Gasteiger partial charge is 0.332 e. The minimum atomic E-state index is -0.291. The lowest BCUT2D eigenvalue weighted by atomic mass is 10.5. The summed E-state index contributed by atoms with van der Waals surface area (Å²) in [7, 11) is 3.14. The molecule has 0 unspecified atom stereocenters. The van der Waals surface area contributed by atoms with E-state index in [2.05, 4.69) is 5.32 Å². The van der Waals surface area contributed by atoms with Crippen LogP contribution in [0.5, 0.6) is 0 Å². The van der Waals surface area contributed by atoms with Crippen molar-refractivity contribution in [3.63, 3.8) is 0 Å². The molecule has 1 N–H and O–H groups in total. The van der Waals surface area contributed by atoms with Crippen molar-refractivity contribution in [1.29, 1.82) is 0 Å². The maximum atomic E-state index is 11.5. The van der Waals surface area contributed by atoms with Crippen molar-refractivity contribution in [1.82, 2.24) is 9.13 Å². The molecule has 0 amide bonds. The minimum Gasteiger partial charge on any atom is -0.368 e. The van der Waals surface area contributed by atoms with Crippen LogP contribution < -0.4 is 16.6 Å². The number of nitrogens with zero attached hydrogens (tertiary/aromatic N) is 2. The third-order valence-corrected chi connectivity index (χ3v) is 2.46. The molecule has 0 aliphatic heterocycles. The molecule has 1 heterocycles. The first kappa shape index (κ1) is 9.05. The Morgan fingerprint density at radius 2 is 1.93 bits per heavy atom.